The maximum absolute atomic E-state index is 13.2. The van der Waals surface area contributed by atoms with E-state index in [1.165, 1.54) is 18.2 Å². The van der Waals surface area contributed by atoms with Crippen molar-refractivity contribution in [3.8, 4) is 0 Å². The van der Waals surface area contributed by atoms with E-state index in [1.54, 1.807) is 0 Å². The minimum atomic E-state index is -0.375. The van der Waals surface area contributed by atoms with Crippen LogP contribution in [0, 0.1) is 5.82 Å². The van der Waals surface area contributed by atoms with Crippen LogP contribution in [0.5, 0.6) is 0 Å². The molecule has 4 heteroatoms. The molecule has 0 fully saturated rings. The minimum Gasteiger partial charge on any atom is -0.375 e. The highest BCUT2D eigenvalue weighted by atomic mass is 35.5. The van der Waals surface area contributed by atoms with Crippen LogP contribution in [0.1, 0.15) is 11.1 Å². The molecule has 1 heterocycles. The monoisotopic (exact) mass is 289 g/mol. The molecule has 0 aromatic heterocycles. The number of hydrogen-bond donors (Lipinski definition) is 1. The molecule has 0 spiro atoms. The van der Waals surface area contributed by atoms with Crippen molar-refractivity contribution in [2.75, 3.05) is 5.32 Å². The van der Waals surface area contributed by atoms with Crippen molar-refractivity contribution in [2.24, 2.45) is 0 Å². The number of ketones is 1. The Morgan fingerprint density at radius 2 is 2.10 bits per heavy atom. The summed E-state index contributed by atoms with van der Waals surface area (Å²) in [6, 6.07) is 11.7. The first kappa shape index (κ1) is 13.1. The second-order valence-corrected chi connectivity index (χ2v) is 5.34. The normalized spacial score (nSPS) is 16.6. The first-order valence-electron chi connectivity index (χ1n) is 6.44. The van der Waals surface area contributed by atoms with Gasteiger partial charge in [0.2, 0.25) is 0 Å². The molecule has 1 unspecified atom stereocenters. The summed E-state index contributed by atoms with van der Waals surface area (Å²) in [5.41, 5.74) is 2.67. The first-order valence-corrected chi connectivity index (χ1v) is 6.82. The Labute approximate surface area is 121 Å². The molecule has 1 aliphatic heterocycles. The molecule has 0 bridgehead atoms. The van der Waals surface area contributed by atoms with Crippen LogP contribution in [0.25, 0.3) is 0 Å². The summed E-state index contributed by atoms with van der Waals surface area (Å²) in [7, 11) is 0. The van der Waals surface area contributed by atoms with E-state index < -0.39 is 0 Å². The number of halogens is 2. The third kappa shape index (κ3) is 2.54. The Hall–Kier alpha value is -1.87. The molecular formula is C16H13ClFNO. The predicted octanol–water partition coefficient (Wildman–Crippen LogP) is 3.63. The van der Waals surface area contributed by atoms with Gasteiger partial charge < -0.3 is 5.32 Å². The van der Waals surface area contributed by atoms with Crippen LogP contribution in [-0.4, -0.2) is 11.8 Å². The molecule has 2 nitrogen and oxygen atoms in total. The first-order chi connectivity index (χ1) is 9.63. The number of Topliss-reactive ketones (excluding diaryl/α,β-unsaturated/α-hetero) is 1. The molecule has 1 aliphatic rings. The zero-order valence-corrected chi connectivity index (χ0v) is 11.5. The van der Waals surface area contributed by atoms with Crippen molar-refractivity contribution >= 4 is 23.1 Å². The van der Waals surface area contributed by atoms with Crippen LogP contribution >= 0.6 is 11.6 Å². The van der Waals surface area contributed by atoms with Crippen LogP contribution in [0.3, 0.4) is 0 Å². The summed E-state index contributed by atoms with van der Waals surface area (Å²) in [5.74, 6) is -0.353. The average molecular weight is 290 g/mol. The second kappa shape index (κ2) is 5.25. The van der Waals surface area contributed by atoms with Crippen LogP contribution in [0.2, 0.25) is 5.02 Å². The highest BCUT2D eigenvalue weighted by molar-refractivity contribution is 6.31. The Morgan fingerprint density at radius 3 is 2.90 bits per heavy atom. The maximum Gasteiger partial charge on any atom is 0.159 e. The molecule has 0 saturated heterocycles. The number of fused-ring (bicyclic) bond motifs is 1. The summed E-state index contributed by atoms with van der Waals surface area (Å²) < 4.78 is 13.2. The number of benzene rings is 2. The number of rotatable bonds is 3. The van der Waals surface area contributed by atoms with E-state index in [4.69, 9.17) is 11.6 Å². The Balaban J connectivity index is 1.74. The third-order valence-corrected chi connectivity index (χ3v) is 3.90. The Morgan fingerprint density at radius 1 is 1.30 bits per heavy atom. The fourth-order valence-electron chi connectivity index (χ4n) is 2.48. The standard InChI is InChI=1S/C16H13ClFNO/c17-13-6-5-12(18)7-11(13)9-16(20)15-8-10-3-1-2-4-14(10)19-15/h1-7,15,19H,8-9H2. The summed E-state index contributed by atoms with van der Waals surface area (Å²) in [4.78, 5) is 12.3. The molecule has 0 radical (unpaired) electrons. The molecule has 3 rings (SSSR count). The zero-order valence-electron chi connectivity index (χ0n) is 10.7. The summed E-state index contributed by atoms with van der Waals surface area (Å²) in [5, 5.41) is 3.63. The van der Waals surface area contributed by atoms with Gasteiger partial charge in [0.1, 0.15) is 5.82 Å². The maximum atomic E-state index is 13.2. The van der Waals surface area contributed by atoms with E-state index in [2.05, 4.69) is 5.32 Å². The number of carbonyl (C=O) groups excluding carboxylic acids is 1. The van der Waals surface area contributed by atoms with Crippen LogP contribution in [0.15, 0.2) is 42.5 Å². The molecular weight excluding hydrogens is 277 g/mol. The summed E-state index contributed by atoms with van der Waals surface area (Å²) >= 11 is 6.00. The zero-order chi connectivity index (χ0) is 14.1. The summed E-state index contributed by atoms with van der Waals surface area (Å²) in [6.07, 6.45) is 0.810. The van der Waals surface area contributed by atoms with Gasteiger partial charge in [0, 0.05) is 23.6 Å². The van der Waals surface area contributed by atoms with Crippen molar-refractivity contribution in [2.45, 2.75) is 18.9 Å². The van der Waals surface area contributed by atoms with Crippen LogP contribution in [0.4, 0.5) is 10.1 Å². The minimum absolute atomic E-state index is 0.0219. The van der Waals surface area contributed by atoms with Gasteiger partial charge in [-0.05, 0) is 35.4 Å². The third-order valence-electron chi connectivity index (χ3n) is 3.53. The number of anilines is 1. The molecule has 0 aliphatic carbocycles. The smallest absolute Gasteiger partial charge is 0.159 e. The van der Waals surface area contributed by atoms with Crippen LogP contribution < -0.4 is 5.32 Å². The van der Waals surface area contributed by atoms with E-state index in [-0.39, 0.29) is 24.1 Å². The van der Waals surface area contributed by atoms with Gasteiger partial charge in [-0.2, -0.15) is 0 Å². The van der Waals surface area contributed by atoms with Gasteiger partial charge in [-0.25, -0.2) is 4.39 Å². The molecule has 2 aromatic carbocycles. The Kier molecular flexibility index (Phi) is 3.45. The Bertz CT molecular complexity index is 646. The number of hydrogen-bond acceptors (Lipinski definition) is 2. The second-order valence-electron chi connectivity index (χ2n) is 4.94. The largest absolute Gasteiger partial charge is 0.375 e. The lowest BCUT2D eigenvalue weighted by atomic mass is 10.0. The fourth-order valence-corrected chi connectivity index (χ4v) is 2.67. The van der Waals surface area contributed by atoms with Crippen molar-refractivity contribution < 1.29 is 9.18 Å². The van der Waals surface area contributed by atoms with Crippen molar-refractivity contribution in [1.29, 1.82) is 0 Å². The lowest BCUT2D eigenvalue weighted by molar-refractivity contribution is -0.119. The predicted molar refractivity (Wildman–Crippen MR) is 77.7 cm³/mol. The lowest BCUT2D eigenvalue weighted by Crippen LogP contribution is -2.28. The van der Waals surface area contributed by atoms with Gasteiger partial charge in [0.15, 0.2) is 5.78 Å². The van der Waals surface area contributed by atoms with Gasteiger partial charge in [-0.1, -0.05) is 29.8 Å². The van der Waals surface area contributed by atoms with E-state index >= 15 is 0 Å². The van der Waals surface area contributed by atoms with Crippen molar-refractivity contribution in [3.63, 3.8) is 0 Å². The van der Waals surface area contributed by atoms with E-state index in [0.29, 0.717) is 17.0 Å². The average Bonchev–Trinajstić information content (AvgIpc) is 2.87. The van der Waals surface area contributed by atoms with Gasteiger partial charge >= 0.3 is 0 Å². The van der Waals surface area contributed by atoms with Gasteiger partial charge in [0.25, 0.3) is 0 Å². The number of para-hydroxylation sites is 1. The van der Waals surface area contributed by atoms with E-state index in [0.717, 1.165) is 11.3 Å². The lowest BCUT2D eigenvalue weighted by Gasteiger charge is -2.11. The highest BCUT2D eigenvalue weighted by Gasteiger charge is 2.26. The molecule has 1 N–H and O–H groups in total. The highest BCUT2D eigenvalue weighted by Crippen LogP contribution is 2.27. The van der Waals surface area contributed by atoms with Crippen molar-refractivity contribution in [3.05, 3.63) is 64.4 Å². The quantitative estimate of drug-likeness (QED) is 0.935. The molecule has 0 amide bonds. The number of nitrogens with one attached hydrogen (secondary N) is 1. The SMILES string of the molecule is O=C(Cc1cc(F)ccc1Cl)C1Cc2ccccc2N1. The fraction of sp³-hybridized carbons (Fsp3) is 0.188. The summed E-state index contributed by atoms with van der Waals surface area (Å²) in [6.45, 7) is 0. The van der Waals surface area contributed by atoms with Gasteiger partial charge in [-0.15, -0.1) is 0 Å². The van der Waals surface area contributed by atoms with Gasteiger partial charge in [0.05, 0.1) is 6.04 Å². The molecule has 20 heavy (non-hydrogen) atoms. The number of carbonyl (C=O) groups is 1. The van der Waals surface area contributed by atoms with Crippen LogP contribution in [-0.2, 0) is 17.6 Å². The van der Waals surface area contributed by atoms with Gasteiger partial charge in [-0.3, -0.25) is 4.79 Å². The molecule has 102 valence electrons. The molecule has 0 saturated carbocycles. The molecule has 2 aromatic rings. The van der Waals surface area contributed by atoms with Crippen molar-refractivity contribution in [1.82, 2.24) is 0 Å². The topological polar surface area (TPSA) is 29.1 Å². The van der Waals surface area contributed by atoms with E-state index in [1.807, 2.05) is 24.3 Å². The van der Waals surface area contributed by atoms with E-state index in [9.17, 15) is 9.18 Å². The molecule has 1 atom stereocenters.